The van der Waals surface area contributed by atoms with Gasteiger partial charge in [-0.15, -0.1) is 0 Å². The lowest BCUT2D eigenvalue weighted by molar-refractivity contribution is -0.176. The van der Waals surface area contributed by atoms with Crippen molar-refractivity contribution in [2.24, 2.45) is 17.8 Å². The zero-order valence-electron chi connectivity index (χ0n) is 26.8. The normalized spacial score (nSPS) is 22.2. The molecule has 1 aliphatic rings. The number of anilines is 1. The standard InChI is InChI=1S/C33H50N2O9/c1-6-7-14-26-30(44-28(37)19-21(2)3)23(5)43-32(40)24(22(4)42-33(26)41)15-11-9-8-10-12-18-34-31(39)25-16-13-17-27(29(25)38)35-20-36/h13,16-17,20-24,26,30,38H,6-12,14-15,18-19H2,1-5H3,(H,34,39)(H,35,36)/t22-,23+,24+,26-,30+/m1/s1. The number of carbonyl (C=O) groups is 5. The highest BCUT2D eigenvalue weighted by Crippen LogP contribution is 2.30. The van der Waals surface area contributed by atoms with Gasteiger partial charge in [-0.1, -0.05) is 65.4 Å². The third-order valence-corrected chi connectivity index (χ3v) is 7.82. The molecule has 3 N–H and O–H groups in total. The van der Waals surface area contributed by atoms with E-state index in [0.29, 0.717) is 25.8 Å². The molecule has 0 radical (unpaired) electrons. The molecule has 1 aromatic carbocycles. The number of amides is 2. The van der Waals surface area contributed by atoms with Crippen LogP contribution in [0.3, 0.4) is 0 Å². The summed E-state index contributed by atoms with van der Waals surface area (Å²) in [5, 5.41) is 15.3. The number of aromatic hydroxyl groups is 1. The molecular weight excluding hydrogens is 568 g/mol. The number of cyclic esters (lactones) is 2. The van der Waals surface area contributed by atoms with Crippen molar-refractivity contribution >= 4 is 35.9 Å². The molecule has 0 aromatic heterocycles. The van der Waals surface area contributed by atoms with Crippen LogP contribution in [0, 0.1) is 17.8 Å². The lowest BCUT2D eigenvalue weighted by Gasteiger charge is -2.29. The number of esters is 3. The van der Waals surface area contributed by atoms with Crippen LogP contribution in [0.1, 0.15) is 109 Å². The Morgan fingerprint density at radius 3 is 2.27 bits per heavy atom. The average molecular weight is 619 g/mol. The Morgan fingerprint density at radius 2 is 1.59 bits per heavy atom. The molecule has 44 heavy (non-hydrogen) atoms. The largest absolute Gasteiger partial charge is 0.505 e. The van der Waals surface area contributed by atoms with Crippen molar-refractivity contribution in [3.05, 3.63) is 23.8 Å². The minimum Gasteiger partial charge on any atom is -0.505 e. The maximum Gasteiger partial charge on any atom is 0.313 e. The van der Waals surface area contributed by atoms with Gasteiger partial charge in [-0.2, -0.15) is 0 Å². The van der Waals surface area contributed by atoms with Crippen LogP contribution in [0.25, 0.3) is 0 Å². The van der Waals surface area contributed by atoms with Crippen molar-refractivity contribution in [2.75, 3.05) is 11.9 Å². The number of phenols is 1. The smallest absolute Gasteiger partial charge is 0.313 e. The van der Waals surface area contributed by atoms with Crippen LogP contribution >= 0.6 is 0 Å². The van der Waals surface area contributed by atoms with Gasteiger partial charge in [-0.3, -0.25) is 24.0 Å². The number of carbonyl (C=O) groups excluding carboxylic acids is 5. The minimum absolute atomic E-state index is 0.0830. The fourth-order valence-electron chi connectivity index (χ4n) is 5.34. The van der Waals surface area contributed by atoms with Crippen molar-refractivity contribution in [1.82, 2.24) is 5.32 Å². The first kappa shape index (κ1) is 36.6. The van der Waals surface area contributed by atoms with Gasteiger partial charge in [-0.25, -0.2) is 0 Å². The fourth-order valence-corrected chi connectivity index (χ4v) is 5.34. The number of ether oxygens (including phenoxy) is 3. The van der Waals surface area contributed by atoms with Crippen LogP contribution in [0.4, 0.5) is 5.69 Å². The molecule has 1 aliphatic heterocycles. The van der Waals surface area contributed by atoms with Crippen LogP contribution in [-0.2, 0) is 33.4 Å². The van der Waals surface area contributed by atoms with Gasteiger partial charge >= 0.3 is 17.9 Å². The molecule has 0 aliphatic carbocycles. The number of rotatable bonds is 17. The molecule has 11 heteroatoms. The minimum atomic E-state index is -0.906. The highest BCUT2D eigenvalue weighted by Gasteiger charge is 2.43. The summed E-state index contributed by atoms with van der Waals surface area (Å²) in [7, 11) is 0. The second-order valence-electron chi connectivity index (χ2n) is 12.0. The summed E-state index contributed by atoms with van der Waals surface area (Å²) in [6.07, 6.45) is 4.82. The van der Waals surface area contributed by atoms with Gasteiger partial charge in [-0.05, 0) is 51.2 Å². The van der Waals surface area contributed by atoms with Gasteiger partial charge in [0, 0.05) is 13.0 Å². The Hall–Kier alpha value is -3.63. The number of hydrogen-bond donors (Lipinski definition) is 3. The molecule has 0 saturated carbocycles. The molecule has 2 amide bonds. The number of para-hydroxylation sites is 1. The summed E-state index contributed by atoms with van der Waals surface area (Å²) < 4.78 is 17.3. The molecule has 2 rings (SSSR count). The zero-order valence-corrected chi connectivity index (χ0v) is 26.8. The molecule has 1 heterocycles. The molecule has 246 valence electrons. The molecule has 0 bridgehead atoms. The molecule has 1 saturated heterocycles. The van der Waals surface area contributed by atoms with E-state index in [4.69, 9.17) is 14.2 Å². The number of nitrogens with one attached hydrogen (secondary N) is 2. The summed E-state index contributed by atoms with van der Waals surface area (Å²) >= 11 is 0. The van der Waals surface area contributed by atoms with Crippen LogP contribution in [0.2, 0.25) is 0 Å². The summed E-state index contributed by atoms with van der Waals surface area (Å²) in [5.74, 6) is -3.32. The Bertz CT molecular complexity index is 1110. The van der Waals surface area contributed by atoms with E-state index in [1.54, 1.807) is 19.9 Å². The fraction of sp³-hybridized carbons (Fsp3) is 0.667. The lowest BCUT2D eigenvalue weighted by Crippen LogP contribution is -2.42. The second-order valence-corrected chi connectivity index (χ2v) is 12.0. The van der Waals surface area contributed by atoms with Gasteiger partial charge in [0.05, 0.1) is 23.1 Å². The van der Waals surface area contributed by atoms with E-state index in [1.165, 1.54) is 12.1 Å². The number of hydrogen-bond acceptors (Lipinski definition) is 9. The van der Waals surface area contributed by atoms with Crippen molar-refractivity contribution in [3.8, 4) is 5.75 Å². The molecule has 11 nitrogen and oxygen atoms in total. The predicted molar refractivity (Wildman–Crippen MR) is 165 cm³/mol. The summed E-state index contributed by atoms with van der Waals surface area (Å²) in [5.41, 5.74) is 0.246. The predicted octanol–water partition coefficient (Wildman–Crippen LogP) is 5.29. The van der Waals surface area contributed by atoms with E-state index in [1.807, 2.05) is 20.8 Å². The molecule has 1 aromatic rings. The van der Waals surface area contributed by atoms with Crippen LogP contribution in [0.5, 0.6) is 5.75 Å². The van der Waals surface area contributed by atoms with E-state index in [0.717, 1.165) is 44.9 Å². The van der Waals surface area contributed by atoms with Gasteiger partial charge in [0.25, 0.3) is 5.91 Å². The third-order valence-electron chi connectivity index (χ3n) is 7.82. The highest BCUT2D eigenvalue weighted by atomic mass is 16.6. The number of benzene rings is 1. The van der Waals surface area contributed by atoms with E-state index in [9.17, 15) is 29.1 Å². The van der Waals surface area contributed by atoms with E-state index in [2.05, 4.69) is 10.6 Å². The first-order valence-corrected chi connectivity index (χ1v) is 15.9. The van der Waals surface area contributed by atoms with Crippen molar-refractivity contribution < 1.29 is 43.3 Å². The SMILES string of the molecule is CCCC[C@H]1C(=O)O[C@H](C)[C@H](CCCCCCCNC(=O)c2cccc(NC=O)c2O)C(=O)O[C@@H](C)[C@@H]1OC(=O)CC(C)C. The van der Waals surface area contributed by atoms with E-state index >= 15 is 0 Å². The summed E-state index contributed by atoms with van der Waals surface area (Å²) in [6, 6.07) is 4.55. The zero-order chi connectivity index (χ0) is 32.6. The van der Waals surface area contributed by atoms with Crippen LogP contribution in [-0.4, -0.2) is 60.2 Å². The first-order valence-electron chi connectivity index (χ1n) is 15.9. The van der Waals surface area contributed by atoms with Gasteiger partial charge < -0.3 is 30.0 Å². The third kappa shape index (κ3) is 11.5. The van der Waals surface area contributed by atoms with Crippen molar-refractivity contribution in [2.45, 2.75) is 117 Å². The first-order chi connectivity index (χ1) is 21.0. The maximum absolute atomic E-state index is 13.3. The summed E-state index contributed by atoms with van der Waals surface area (Å²) in [6.45, 7) is 9.63. The molecule has 0 spiro atoms. The molecular formula is C33H50N2O9. The van der Waals surface area contributed by atoms with Gasteiger partial charge in [0.1, 0.15) is 12.2 Å². The number of phenolic OH excluding ortho intramolecular Hbond substituents is 1. The van der Waals surface area contributed by atoms with E-state index < -0.39 is 54.0 Å². The molecule has 0 unspecified atom stereocenters. The van der Waals surface area contributed by atoms with Crippen LogP contribution in [0.15, 0.2) is 18.2 Å². The average Bonchev–Trinajstić information content (AvgIpc) is 2.98. The Kier molecular flexibility index (Phi) is 15.7. The Labute approximate surface area is 260 Å². The topological polar surface area (TPSA) is 157 Å². The lowest BCUT2D eigenvalue weighted by atomic mass is 9.92. The molecule has 1 fully saturated rings. The highest BCUT2D eigenvalue weighted by molar-refractivity contribution is 5.99. The summed E-state index contributed by atoms with van der Waals surface area (Å²) in [4.78, 5) is 62.1. The van der Waals surface area contributed by atoms with E-state index in [-0.39, 0.29) is 29.3 Å². The van der Waals surface area contributed by atoms with Gasteiger partial charge in [0.15, 0.2) is 11.9 Å². The monoisotopic (exact) mass is 618 g/mol. The maximum atomic E-state index is 13.3. The van der Waals surface area contributed by atoms with Crippen molar-refractivity contribution in [3.63, 3.8) is 0 Å². The number of unbranched alkanes of at least 4 members (excludes halogenated alkanes) is 5. The van der Waals surface area contributed by atoms with Crippen molar-refractivity contribution in [1.29, 1.82) is 0 Å². The Balaban J connectivity index is 1.87. The Morgan fingerprint density at radius 1 is 0.955 bits per heavy atom. The van der Waals surface area contributed by atoms with Gasteiger partial charge in [0.2, 0.25) is 6.41 Å². The van der Waals surface area contributed by atoms with Crippen LogP contribution < -0.4 is 10.6 Å². The second kappa shape index (κ2) is 18.9. The quantitative estimate of drug-likeness (QED) is 0.0694. The molecule has 5 atom stereocenters.